The highest BCUT2D eigenvalue weighted by Crippen LogP contribution is 2.28. The topological polar surface area (TPSA) is 98.7 Å². The number of halogens is 1. The minimum atomic E-state index is -3.53. The third kappa shape index (κ3) is 4.76. The van der Waals surface area contributed by atoms with Gasteiger partial charge in [0.05, 0.1) is 12.0 Å². The number of nitrogens with zero attached hydrogens (tertiary/aromatic N) is 1. The van der Waals surface area contributed by atoms with E-state index in [4.69, 9.17) is 0 Å². The lowest BCUT2D eigenvalue weighted by molar-refractivity contribution is -0.126. The third-order valence-corrected chi connectivity index (χ3v) is 8.24. The van der Waals surface area contributed by atoms with E-state index in [0.717, 1.165) is 4.88 Å². The number of aryl methyl sites for hydroxylation is 1. The number of amides is 1. The van der Waals surface area contributed by atoms with Crippen molar-refractivity contribution < 1.29 is 18.3 Å². The van der Waals surface area contributed by atoms with Crippen molar-refractivity contribution in [1.29, 1.82) is 0 Å². The molecule has 0 saturated carbocycles. The number of aliphatic hydroxyl groups excluding tert-OH is 1. The number of rotatable bonds is 5. The summed E-state index contributed by atoms with van der Waals surface area (Å²) in [5.74, 6) is -0.445. The van der Waals surface area contributed by atoms with Crippen LogP contribution in [0.25, 0.3) is 0 Å². The first-order chi connectivity index (χ1) is 11.9. The first-order valence-electron chi connectivity index (χ1n) is 8.61. The summed E-state index contributed by atoms with van der Waals surface area (Å²) in [6.07, 6.45) is 0.924. The van der Waals surface area contributed by atoms with E-state index >= 15 is 0 Å². The molecule has 3 unspecified atom stereocenters. The molecule has 148 valence electrons. The van der Waals surface area contributed by atoms with Gasteiger partial charge in [0.1, 0.15) is 4.21 Å². The van der Waals surface area contributed by atoms with E-state index in [-0.39, 0.29) is 36.7 Å². The summed E-state index contributed by atoms with van der Waals surface area (Å²) in [4.78, 5) is 13.4. The van der Waals surface area contributed by atoms with Crippen molar-refractivity contribution >= 4 is 39.7 Å². The SMILES string of the molecule is Cc1ccc(S(=O)(=O)N2CCCC(C(=O)NCC3CNCC3O)C2)s1.Cl. The molecule has 2 saturated heterocycles. The highest BCUT2D eigenvalue weighted by atomic mass is 35.5. The molecule has 3 atom stereocenters. The summed E-state index contributed by atoms with van der Waals surface area (Å²) < 4.78 is 27.3. The van der Waals surface area contributed by atoms with Crippen molar-refractivity contribution in [2.24, 2.45) is 11.8 Å². The minimum Gasteiger partial charge on any atom is -0.391 e. The fourth-order valence-corrected chi connectivity index (χ4v) is 6.32. The number of carbonyl (C=O) groups excluding carboxylic acids is 1. The molecule has 1 aromatic heterocycles. The molecule has 26 heavy (non-hydrogen) atoms. The van der Waals surface area contributed by atoms with Crippen LogP contribution < -0.4 is 10.6 Å². The summed E-state index contributed by atoms with van der Waals surface area (Å²) in [5.41, 5.74) is 0. The maximum Gasteiger partial charge on any atom is 0.252 e. The zero-order valence-electron chi connectivity index (χ0n) is 14.7. The normalized spacial score (nSPS) is 27.1. The van der Waals surface area contributed by atoms with Gasteiger partial charge in [-0.05, 0) is 31.9 Å². The van der Waals surface area contributed by atoms with Gasteiger partial charge in [0.15, 0.2) is 0 Å². The molecule has 2 fully saturated rings. The highest BCUT2D eigenvalue weighted by Gasteiger charge is 2.34. The van der Waals surface area contributed by atoms with Crippen LogP contribution in [0.15, 0.2) is 16.3 Å². The Bertz CT molecular complexity index is 725. The molecule has 2 aliphatic heterocycles. The Labute approximate surface area is 164 Å². The standard InChI is InChI=1S/C16H25N3O4S2.ClH/c1-11-4-5-15(24-11)25(22,23)19-6-2-3-12(10-19)16(21)18-8-13-7-17-9-14(13)20;/h4-5,12-14,17,20H,2-3,6-10H2,1H3,(H,18,21);1H. The van der Waals surface area contributed by atoms with Gasteiger partial charge < -0.3 is 15.7 Å². The molecule has 3 heterocycles. The number of nitrogens with one attached hydrogen (secondary N) is 2. The molecule has 1 amide bonds. The Kier molecular flexibility index (Phi) is 7.46. The number of β-amino-alcohol motifs (C(OH)–C–C–N with tert-alkyl or cyclic N) is 1. The number of thiophene rings is 1. The third-order valence-electron chi connectivity index (χ3n) is 4.91. The van der Waals surface area contributed by atoms with E-state index in [0.29, 0.717) is 43.2 Å². The molecule has 0 spiro atoms. The van der Waals surface area contributed by atoms with Gasteiger partial charge in [0.25, 0.3) is 10.0 Å². The molecular formula is C16H26ClN3O4S2. The Morgan fingerprint density at radius 1 is 1.42 bits per heavy atom. The number of piperidine rings is 1. The molecule has 0 aromatic carbocycles. The maximum absolute atomic E-state index is 12.7. The summed E-state index contributed by atoms with van der Waals surface area (Å²) in [6.45, 7) is 4.20. The lowest BCUT2D eigenvalue weighted by Gasteiger charge is -2.31. The number of hydrogen-bond acceptors (Lipinski definition) is 6. The second kappa shape index (κ2) is 8.99. The number of hydrogen-bond donors (Lipinski definition) is 3. The second-order valence-corrected chi connectivity index (χ2v) is 10.3. The smallest absolute Gasteiger partial charge is 0.252 e. The molecule has 1 aromatic rings. The molecule has 0 radical (unpaired) electrons. The fourth-order valence-electron chi connectivity index (χ4n) is 3.36. The van der Waals surface area contributed by atoms with Crippen molar-refractivity contribution in [1.82, 2.24) is 14.9 Å². The van der Waals surface area contributed by atoms with Gasteiger partial charge >= 0.3 is 0 Å². The lowest BCUT2D eigenvalue weighted by Crippen LogP contribution is -2.46. The van der Waals surface area contributed by atoms with Gasteiger partial charge in [0.2, 0.25) is 5.91 Å². The Hall–Kier alpha value is -0.710. The van der Waals surface area contributed by atoms with Crippen LogP contribution in [0.3, 0.4) is 0 Å². The van der Waals surface area contributed by atoms with Crippen LogP contribution >= 0.6 is 23.7 Å². The molecule has 3 N–H and O–H groups in total. The fraction of sp³-hybridized carbons (Fsp3) is 0.688. The quantitative estimate of drug-likeness (QED) is 0.643. The van der Waals surface area contributed by atoms with Gasteiger partial charge in [-0.2, -0.15) is 4.31 Å². The van der Waals surface area contributed by atoms with Crippen LogP contribution in [-0.4, -0.2) is 62.6 Å². The van der Waals surface area contributed by atoms with Gasteiger partial charge in [0, 0.05) is 43.5 Å². The molecule has 2 aliphatic rings. The van der Waals surface area contributed by atoms with E-state index < -0.39 is 16.1 Å². The summed E-state index contributed by atoms with van der Waals surface area (Å²) >= 11 is 1.26. The summed E-state index contributed by atoms with van der Waals surface area (Å²) in [7, 11) is -3.53. The van der Waals surface area contributed by atoms with E-state index in [9.17, 15) is 18.3 Å². The first kappa shape index (κ1) is 21.6. The van der Waals surface area contributed by atoms with Crippen LogP contribution in [0.1, 0.15) is 17.7 Å². The summed E-state index contributed by atoms with van der Waals surface area (Å²) in [6, 6.07) is 3.43. The predicted molar refractivity (Wildman–Crippen MR) is 103 cm³/mol. The number of carbonyl (C=O) groups is 1. The highest BCUT2D eigenvalue weighted by molar-refractivity contribution is 7.91. The summed E-state index contributed by atoms with van der Waals surface area (Å²) in [5, 5.41) is 15.8. The van der Waals surface area contributed by atoms with Crippen LogP contribution in [0.5, 0.6) is 0 Å². The Morgan fingerprint density at radius 3 is 2.81 bits per heavy atom. The van der Waals surface area contributed by atoms with Crippen LogP contribution in [0, 0.1) is 18.8 Å². The molecule has 0 aliphatic carbocycles. The van der Waals surface area contributed by atoms with Gasteiger partial charge in [-0.1, -0.05) is 0 Å². The van der Waals surface area contributed by atoms with Crippen LogP contribution in [0.2, 0.25) is 0 Å². The monoisotopic (exact) mass is 423 g/mol. The Balaban J connectivity index is 0.00000243. The molecule has 3 rings (SSSR count). The predicted octanol–water partition coefficient (Wildman–Crippen LogP) is 0.576. The molecule has 7 nitrogen and oxygen atoms in total. The van der Waals surface area contributed by atoms with Crippen molar-refractivity contribution in [2.45, 2.75) is 30.1 Å². The second-order valence-electron chi connectivity index (χ2n) is 6.80. The van der Waals surface area contributed by atoms with Crippen molar-refractivity contribution in [2.75, 3.05) is 32.7 Å². The molecular weight excluding hydrogens is 398 g/mol. The average molecular weight is 424 g/mol. The van der Waals surface area contributed by atoms with Gasteiger partial charge in [-0.25, -0.2) is 8.42 Å². The maximum atomic E-state index is 12.7. The molecule has 10 heteroatoms. The van der Waals surface area contributed by atoms with E-state index in [1.54, 1.807) is 12.1 Å². The zero-order valence-corrected chi connectivity index (χ0v) is 17.1. The lowest BCUT2D eigenvalue weighted by atomic mass is 9.98. The number of sulfonamides is 1. The Morgan fingerprint density at radius 2 is 2.19 bits per heavy atom. The zero-order chi connectivity index (χ0) is 18.0. The number of aliphatic hydroxyl groups is 1. The van der Waals surface area contributed by atoms with Crippen molar-refractivity contribution in [3.63, 3.8) is 0 Å². The van der Waals surface area contributed by atoms with Crippen LogP contribution in [0.4, 0.5) is 0 Å². The van der Waals surface area contributed by atoms with E-state index in [1.807, 2.05) is 6.92 Å². The van der Waals surface area contributed by atoms with Gasteiger partial charge in [-0.15, -0.1) is 23.7 Å². The average Bonchev–Trinajstić information content (AvgIpc) is 3.21. The van der Waals surface area contributed by atoms with Crippen molar-refractivity contribution in [3.05, 3.63) is 17.0 Å². The van der Waals surface area contributed by atoms with E-state index in [1.165, 1.54) is 15.6 Å². The van der Waals surface area contributed by atoms with E-state index in [2.05, 4.69) is 10.6 Å². The van der Waals surface area contributed by atoms with Gasteiger partial charge in [-0.3, -0.25) is 4.79 Å². The first-order valence-corrected chi connectivity index (χ1v) is 10.9. The molecule has 0 bridgehead atoms. The van der Waals surface area contributed by atoms with Crippen LogP contribution in [-0.2, 0) is 14.8 Å². The van der Waals surface area contributed by atoms with Crippen molar-refractivity contribution in [3.8, 4) is 0 Å². The largest absolute Gasteiger partial charge is 0.391 e. The minimum absolute atomic E-state index is 0.